The molecule has 0 saturated heterocycles. The van der Waals surface area contributed by atoms with Crippen LogP contribution in [0.2, 0.25) is 0 Å². The molecule has 0 radical (unpaired) electrons. The fourth-order valence-electron chi connectivity index (χ4n) is 4.43. The van der Waals surface area contributed by atoms with Crippen LogP contribution in [-0.4, -0.2) is 25.3 Å². The maximum absolute atomic E-state index is 15.8. The molecule has 1 aliphatic heterocycles. The van der Waals surface area contributed by atoms with E-state index in [4.69, 9.17) is 0 Å². The predicted octanol–water partition coefficient (Wildman–Crippen LogP) is 2.06. The maximum Gasteiger partial charge on any atom is 0.325 e. The summed E-state index contributed by atoms with van der Waals surface area (Å²) in [5.74, 6) is 0.383. The lowest BCUT2D eigenvalue weighted by atomic mass is 9.75. The molecule has 7 nitrogen and oxygen atoms in total. The first kappa shape index (κ1) is 16.9. The van der Waals surface area contributed by atoms with Crippen molar-refractivity contribution in [2.45, 2.75) is 30.8 Å². The molecule has 28 heavy (non-hydrogen) atoms. The van der Waals surface area contributed by atoms with Gasteiger partial charge in [0.2, 0.25) is 0 Å². The fraction of sp³-hybridized carbons (Fsp3) is 0.300. The number of rotatable bonds is 3. The SMILES string of the molecule is CC1([C@H]2C[C@]2(F)c2ccccc2)CC(c2c[nH]c(=O)[nH]c2=O)=Nn2ccnc21. The Kier molecular flexibility index (Phi) is 3.37. The summed E-state index contributed by atoms with van der Waals surface area (Å²) < 4.78 is 17.4. The number of aromatic nitrogens is 4. The van der Waals surface area contributed by atoms with E-state index in [9.17, 15) is 9.59 Å². The van der Waals surface area contributed by atoms with E-state index < -0.39 is 22.3 Å². The van der Waals surface area contributed by atoms with Gasteiger partial charge in [-0.25, -0.2) is 18.8 Å². The minimum atomic E-state index is -1.44. The molecule has 1 saturated carbocycles. The third-order valence-corrected chi connectivity index (χ3v) is 5.94. The second-order valence-electron chi connectivity index (χ2n) is 7.71. The second kappa shape index (κ2) is 5.60. The van der Waals surface area contributed by atoms with E-state index in [0.717, 1.165) is 0 Å². The van der Waals surface area contributed by atoms with E-state index in [2.05, 4.69) is 20.1 Å². The number of hydrogen-bond donors (Lipinski definition) is 2. The molecule has 3 aromatic rings. The van der Waals surface area contributed by atoms with Gasteiger partial charge in [-0.2, -0.15) is 5.10 Å². The number of fused-ring (bicyclic) bond motifs is 1. The number of imidazole rings is 1. The lowest BCUT2D eigenvalue weighted by Gasteiger charge is -2.33. The topological polar surface area (TPSA) is 95.9 Å². The second-order valence-corrected chi connectivity index (χ2v) is 7.71. The molecule has 3 atom stereocenters. The van der Waals surface area contributed by atoms with E-state index in [-0.39, 0.29) is 11.5 Å². The van der Waals surface area contributed by atoms with Crippen LogP contribution in [0.25, 0.3) is 0 Å². The van der Waals surface area contributed by atoms with Crippen molar-refractivity contribution in [3.8, 4) is 0 Å². The number of alkyl halides is 1. The summed E-state index contributed by atoms with van der Waals surface area (Å²) in [6.07, 6.45) is 5.41. The first-order chi connectivity index (χ1) is 13.4. The van der Waals surface area contributed by atoms with Crippen LogP contribution >= 0.6 is 0 Å². The summed E-state index contributed by atoms with van der Waals surface area (Å²) in [5, 5.41) is 4.50. The molecule has 0 spiro atoms. The van der Waals surface area contributed by atoms with Crippen molar-refractivity contribution in [1.82, 2.24) is 19.6 Å². The Morgan fingerprint density at radius 1 is 1.25 bits per heavy atom. The number of nitrogens with zero attached hydrogens (tertiary/aromatic N) is 3. The van der Waals surface area contributed by atoms with E-state index >= 15 is 4.39 Å². The quantitative estimate of drug-likeness (QED) is 0.729. The van der Waals surface area contributed by atoms with Gasteiger partial charge in [0.25, 0.3) is 5.56 Å². The highest BCUT2D eigenvalue weighted by molar-refractivity contribution is 6.01. The Balaban J connectivity index is 1.59. The Morgan fingerprint density at radius 2 is 2.04 bits per heavy atom. The highest BCUT2D eigenvalue weighted by Crippen LogP contribution is 2.64. The van der Waals surface area contributed by atoms with Gasteiger partial charge >= 0.3 is 5.69 Å². The molecule has 2 aliphatic rings. The van der Waals surface area contributed by atoms with Crippen LogP contribution in [-0.2, 0) is 11.1 Å². The third-order valence-electron chi connectivity index (χ3n) is 5.94. The molecule has 142 valence electrons. The van der Waals surface area contributed by atoms with Crippen molar-refractivity contribution >= 4 is 5.71 Å². The standard InChI is InChI=1S/C20H18FN5O2/c1-19(15-10-20(15,21)12-5-3-2-4-6-12)9-14(25-26-8-7-22-17(19)26)13-11-23-18(28)24-16(13)27/h2-8,11,15H,9-10H2,1H3,(H2,23,24,27,28)/t15-,19?,20+/m1/s1. The smallest absolute Gasteiger partial charge is 0.313 e. The number of benzene rings is 1. The maximum atomic E-state index is 15.8. The highest BCUT2D eigenvalue weighted by atomic mass is 19.1. The molecule has 1 fully saturated rings. The van der Waals surface area contributed by atoms with Gasteiger partial charge in [-0.3, -0.25) is 9.78 Å². The van der Waals surface area contributed by atoms with Crippen LogP contribution in [0.4, 0.5) is 4.39 Å². The first-order valence-corrected chi connectivity index (χ1v) is 9.10. The molecular weight excluding hydrogens is 361 g/mol. The number of H-pyrrole nitrogens is 2. The lowest BCUT2D eigenvalue weighted by Crippen LogP contribution is -2.39. The zero-order chi connectivity index (χ0) is 19.5. The van der Waals surface area contributed by atoms with E-state index in [1.807, 2.05) is 25.1 Å². The normalized spacial score (nSPS) is 28.5. The van der Waals surface area contributed by atoms with E-state index in [0.29, 0.717) is 29.9 Å². The van der Waals surface area contributed by atoms with Gasteiger partial charge in [-0.1, -0.05) is 37.3 Å². The molecule has 1 aromatic carbocycles. The van der Waals surface area contributed by atoms with Crippen molar-refractivity contribution in [3.05, 3.63) is 86.7 Å². The predicted molar refractivity (Wildman–Crippen MR) is 101 cm³/mol. The van der Waals surface area contributed by atoms with Gasteiger partial charge in [0.05, 0.1) is 11.3 Å². The number of nitrogens with one attached hydrogen (secondary N) is 2. The van der Waals surface area contributed by atoms with Crippen molar-refractivity contribution in [1.29, 1.82) is 0 Å². The molecule has 5 rings (SSSR count). The van der Waals surface area contributed by atoms with Gasteiger partial charge in [0.15, 0.2) is 0 Å². The summed E-state index contributed by atoms with van der Waals surface area (Å²) in [4.78, 5) is 32.8. The average Bonchev–Trinajstić information content (AvgIpc) is 3.16. The van der Waals surface area contributed by atoms with E-state index in [1.54, 1.807) is 29.2 Å². The highest BCUT2D eigenvalue weighted by Gasteiger charge is 2.66. The number of hydrogen-bond acceptors (Lipinski definition) is 4. The molecule has 3 heterocycles. The van der Waals surface area contributed by atoms with Crippen molar-refractivity contribution in [2.24, 2.45) is 11.0 Å². The minimum Gasteiger partial charge on any atom is -0.313 e. The summed E-state index contributed by atoms with van der Waals surface area (Å²) >= 11 is 0. The van der Waals surface area contributed by atoms with Gasteiger partial charge in [0.1, 0.15) is 11.5 Å². The van der Waals surface area contributed by atoms with E-state index in [1.165, 1.54) is 6.20 Å². The van der Waals surface area contributed by atoms with Gasteiger partial charge in [0, 0.05) is 36.3 Å². The Bertz CT molecular complexity index is 1210. The van der Waals surface area contributed by atoms with Gasteiger partial charge in [-0.15, -0.1) is 0 Å². The molecule has 0 amide bonds. The molecule has 8 heteroatoms. The molecule has 1 aliphatic carbocycles. The summed E-state index contributed by atoms with van der Waals surface area (Å²) in [6.45, 7) is 1.97. The zero-order valence-electron chi connectivity index (χ0n) is 15.1. The van der Waals surface area contributed by atoms with Crippen LogP contribution in [0, 0.1) is 5.92 Å². The van der Waals surface area contributed by atoms with Crippen molar-refractivity contribution in [2.75, 3.05) is 0 Å². The first-order valence-electron chi connectivity index (χ1n) is 9.10. The molecule has 2 aromatic heterocycles. The van der Waals surface area contributed by atoms with Crippen molar-refractivity contribution in [3.63, 3.8) is 0 Å². The molecule has 1 unspecified atom stereocenters. The monoisotopic (exact) mass is 379 g/mol. The minimum absolute atomic E-state index is 0.273. The Labute approximate surface area is 159 Å². The molecular formula is C20H18FN5O2. The largest absolute Gasteiger partial charge is 0.325 e. The van der Waals surface area contributed by atoms with Crippen LogP contribution in [0.1, 0.15) is 36.7 Å². The van der Waals surface area contributed by atoms with Crippen LogP contribution < -0.4 is 11.2 Å². The van der Waals surface area contributed by atoms with Gasteiger partial charge < -0.3 is 4.98 Å². The average molecular weight is 379 g/mol. The summed E-state index contributed by atoms with van der Waals surface area (Å²) in [5.41, 5.74) is -1.75. The van der Waals surface area contributed by atoms with Crippen LogP contribution in [0.5, 0.6) is 0 Å². The molecule has 2 N–H and O–H groups in total. The lowest BCUT2D eigenvalue weighted by molar-refractivity contribution is 0.228. The molecule has 0 bridgehead atoms. The third kappa shape index (κ3) is 2.33. The van der Waals surface area contributed by atoms with Crippen molar-refractivity contribution < 1.29 is 4.39 Å². The zero-order valence-corrected chi connectivity index (χ0v) is 15.1. The summed E-state index contributed by atoms with van der Waals surface area (Å²) in [7, 11) is 0. The summed E-state index contributed by atoms with van der Waals surface area (Å²) in [6, 6.07) is 9.15. The van der Waals surface area contributed by atoms with Gasteiger partial charge in [-0.05, 0) is 12.0 Å². The number of aromatic amines is 2. The van der Waals surface area contributed by atoms with Crippen LogP contribution in [0.3, 0.4) is 0 Å². The number of halogens is 1. The Morgan fingerprint density at radius 3 is 2.79 bits per heavy atom. The van der Waals surface area contributed by atoms with Crippen LogP contribution in [0.15, 0.2) is 63.6 Å². The fourth-order valence-corrected chi connectivity index (χ4v) is 4.43. The Hall–Kier alpha value is -3.29.